The second-order valence-corrected chi connectivity index (χ2v) is 9.16. The van der Waals surface area contributed by atoms with Gasteiger partial charge in [0.15, 0.2) is 5.69 Å². The first kappa shape index (κ1) is 24.5. The Hall–Kier alpha value is -4.20. The summed E-state index contributed by atoms with van der Waals surface area (Å²) in [5, 5.41) is 11.1. The van der Waals surface area contributed by atoms with E-state index in [1.807, 2.05) is 43.6 Å². The highest BCUT2D eigenvalue weighted by Gasteiger charge is 2.28. The van der Waals surface area contributed by atoms with Crippen LogP contribution in [0.1, 0.15) is 53.0 Å². The fourth-order valence-corrected chi connectivity index (χ4v) is 5.04. The zero-order valence-corrected chi connectivity index (χ0v) is 21.8. The van der Waals surface area contributed by atoms with Gasteiger partial charge in [-0.05, 0) is 60.9 Å². The van der Waals surface area contributed by atoms with Gasteiger partial charge in [0.1, 0.15) is 5.75 Å². The van der Waals surface area contributed by atoms with Gasteiger partial charge < -0.3 is 15.4 Å². The van der Waals surface area contributed by atoms with Crippen LogP contribution in [0.3, 0.4) is 0 Å². The Morgan fingerprint density at radius 2 is 1.81 bits per heavy atom. The zero-order valence-electron chi connectivity index (χ0n) is 21.8. The number of hydrogen-bond donors (Lipinski definition) is 2. The lowest BCUT2D eigenvalue weighted by Gasteiger charge is -2.14. The van der Waals surface area contributed by atoms with Crippen LogP contribution in [0, 0.1) is 0 Å². The van der Waals surface area contributed by atoms with E-state index in [0.29, 0.717) is 17.4 Å². The molecule has 0 radical (unpaired) electrons. The van der Waals surface area contributed by atoms with Crippen molar-refractivity contribution in [1.82, 2.24) is 19.7 Å². The standard InChI is InChI=1S/C29H32N6O2/c1-5-18-11-9-12-19(6-2)24(18)32-28(36)26-21-14-10-13-20-17-30-29(33-25(20)27(21)35(3)34-26)31-22-15-7-8-16-23(22)37-4/h7-9,11-12,15-17H,5-6,10,13-14H2,1-4H3,(H,32,36)(H,30,31,33). The Kier molecular flexibility index (Phi) is 6.90. The number of fused-ring (bicyclic) bond motifs is 3. The Morgan fingerprint density at radius 1 is 1.05 bits per heavy atom. The summed E-state index contributed by atoms with van der Waals surface area (Å²) in [4.78, 5) is 23.0. The topological polar surface area (TPSA) is 94.0 Å². The number of methoxy groups -OCH3 is 1. The molecular formula is C29H32N6O2. The number of carbonyl (C=O) groups is 1. The maximum absolute atomic E-state index is 13.6. The average Bonchev–Trinajstić information content (AvgIpc) is 3.13. The van der Waals surface area contributed by atoms with Crippen molar-refractivity contribution in [1.29, 1.82) is 0 Å². The number of ether oxygens (including phenoxy) is 1. The van der Waals surface area contributed by atoms with Gasteiger partial charge in [-0.3, -0.25) is 9.48 Å². The van der Waals surface area contributed by atoms with Crippen molar-refractivity contribution in [3.8, 4) is 17.1 Å². The maximum atomic E-state index is 13.6. The minimum Gasteiger partial charge on any atom is -0.495 e. The maximum Gasteiger partial charge on any atom is 0.276 e. The molecule has 8 nitrogen and oxygen atoms in total. The fraction of sp³-hybridized carbons (Fsp3) is 0.310. The summed E-state index contributed by atoms with van der Waals surface area (Å²) < 4.78 is 7.24. The Bertz CT molecular complexity index is 1440. The van der Waals surface area contributed by atoms with Gasteiger partial charge in [0, 0.05) is 24.5 Å². The molecule has 0 fully saturated rings. The number of anilines is 3. The number of nitrogens with zero attached hydrogens (tertiary/aromatic N) is 4. The third kappa shape index (κ3) is 4.67. The van der Waals surface area contributed by atoms with Crippen LogP contribution in [0.2, 0.25) is 0 Å². The highest BCUT2D eigenvalue weighted by Crippen LogP contribution is 2.35. The summed E-state index contributed by atoms with van der Waals surface area (Å²) in [6, 6.07) is 13.8. The van der Waals surface area contributed by atoms with Crippen LogP contribution in [0.4, 0.5) is 17.3 Å². The molecule has 0 unspecified atom stereocenters. The Labute approximate surface area is 217 Å². The first-order valence-corrected chi connectivity index (χ1v) is 12.8. The Morgan fingerprint density at radius 3 is 2.54 bits per heavy atom. The van der Waals surface area contributed by atoms with E-state index in [0.717, 1.165) is 77.1 Å². The molecule has 190 valence electrons. The molecule has 1 amide bonds. The quantitative estimate of drug-likeness (QED) is 0.351. The molecule has 2 aromatic carbocycles. The van der Waals surface area contributed by atoms with Gasteiger partial charge in [-0.15, -0.1) is 0 Å². The van der Waals surface area contributed by atoms with Crippen molar-refractivity contribution in [2.45, 2.75) is 46.0 Å². The van der Waals surface area contributed by atoms with E-state index in [1.54, 1.807) is 11.8 Å². The van der Waals surface area contributed by atoms with Crippen molar-refractivity contribution in [2.75, 3.05) is 17.7 Å². The van der Waals surface area contributed by atoms with Crippen molar-refractivity contribution in [3.05, 3.63) is 76.6 Å². The van der Waals surface area contributed by atoms with E-state index in [1.165, 1.54) is 0 Å². The minimum absolute atomic E-state index is 0.183. The number of amides is 1. The smallest absolute Gasteiger partial charge is 0.276 e. The van der Waals surface area contributed by atoms with E-state index < -0.39 is 0 Å². The molecule has 0 spiro atoms. The van der Waals surface area contributed by atoms with Crippen molar-refractivity contribution in [3.63, 3.8) is 0 Å². The summed E-state index contributed by atoms with van der Waals surface area (Å²) in [5.74, 6) is 0.991. The third-order valence-corrected chi connectivity index (χ3v) is 6.91. The lowest BCUT2D eigenvalue weighted by Crippen LogP contribution is -2.17. The number of carbonyl (C=O) groups excluding carboxylic acids is 1. The second-order valence-electron chi connectivity index (χ2n) is 9.16. The monoisotopic (exact) mass is 496 g/mol. The van der Waals surface area contributed by atoms with Crippen LogP contribution < -0.4 is 15.4 Å². The average molecular weight is 497 g/mol. The normalized spacial score (nSPS) is 12.3. The molecule has 0 aliphatic heterocycles. The molecule has 2 N–H and O–H groups in total. The summed E-state index contributed by atoms with van der Waals surface area (Å²) in [6.45, 7) is 4.20. The molecule has 5 rings (SSSR count). The van der Waals surface area contributed by atoms with Crippen molar-refractivity contribution >= 4 is 23.2 Å². The van der Waals surface area contributed by atoms with Crippen molar-refractivity contribution < 1.29 is 9.53 Å². The van der Waals surface area contributed by atoms with Gasteiger partial charge in [0.2, 0.25) is 5.95 Å². The second kappa shape index (κ2) is 10.4. The van der Waals surface area contributed by atoms with Crippen LogP contribution in [-0.4, -0.2) is 32.8 Å². The van der Waals surface area contributed by atoms with Crippen LogP contribution in [-0.2, 0) is 32.7 Å². The van der Waals surface area contributed by atoms with E-state index >= 15 is 0 Å². The van der Waals surface area contributed by atoms with Crippen molar-refractivity contribution in [2.24, 2.45) is 7.05 Å². The molecule has 37 heavy (non-hydrogen) atoms. The minimum atomic E-state index is -0.183. The lowest BCUT2D eigenvalue weighted by molar-refractivity contribution is 0.102. The fourth-order valence-electron chi connectivity index (χ4n) is 5.04. The first-order chi connectivity index (χ1) is 18.0. The molecule has 0 bridgehead atoms. The van der Waals surface area contributed by atoms with E-state index in [2.05, 4.69) is 46.7 Å². The number of nitrogens with one attached hydrogen (secondary N) is 2. The molecule has 0 saturated heterocycles. The summed E-state index contributed by atoms with van der Waals surface area (Å²) >= 11 is 0. The van der Waals surface area contributed by atoms with E-state index in [-0.39, 0.29) is 5.91 Å². The number of aryl methyl sites for hydroxylation is 4. The van der Waals surface area contributed by atoms with Crippen LogP contribution >= 0.6 is 0 Å². The van der Waals surface area contributed by atoms with Gasteiger partial charge in [-0.1, -0.05) is 44.2 Å². The molecule has 2 aromatic heterocycles. The first-order valence-electron chi connectivity index (χ1n) is 12.8. The lowest BCUT2D eigenvalue weighted by atomic mass is 10.0. The van der Waals surface area contributed by atoms with Gasteiger partial charge in [-0.2, -0.15) is 5.10 Å². The van der Waals surface area contributed by atoms with Crippen LogP contribution in [0.5, 0.6) is 5.75 Å². The number of rotatable bonds is 7. The molecule has 1 aliphatic rings. The summed E-state index contributed by atoms with van der Waals surface area (Å²) in [5.41, 5.74) is 8.02. The third-order valence-electron chi connectivity index (χ3n) is 6.91. The zero-order chi connectivity index (χ0) is 25.9. The molecule has 0 saturated carbocycles. The number of para-hydroxylation sites is 3. The molecular weight excluding hydrogens is 464 g/mol. The molecule has 8 heteroatoms. The number of benzene rings is 2. The van der Waals surface area contributed by atoms with Gasteiger partial charge in [0.25, 0.3) is 5.91 Å². The summed E-state index contributed by atoms with van der Waals surface area (Å²) in [7, 11) is 3.51. The predicted octanol–water partition coefficient (Wildman–Crippen LogP) is 5.50. The molecule has 0 atom stereocenters. The molecule has 1 aliphatic carbocycles. The highest BCUT2D eigenvalue weighted by molar-refractivity contribution is 6.05. The van der Waals surface area contributed by atoms with Crippen LogP contribution in [0.15, 0.2) is 48.7 Å². The van der Waals surface area contributed by atoms with E-state index in [9.17, 15) is 4.79 Å². The van der Waals surface area contributed by atoms with Gasteiger partial charge >= 0.3 is 0 Å². The summed E-state index contributed by atoms with van der Waals surface area (Å²) in [6.07, 6.45) is 6.02. The number of hydrogen-bond acceptors (Lipinski definition) is 6. The molecule has 2 heterocycles. The van der Waals surface area contributed by atoms with Crippen LogP contribution in [0.25, 0.3) is 11.4 Å². The largest absolute Gasteiger partial charge is 0.495 e. The number of aromatic nitrogens is 4. The van der Waals surface area contributed by atoms with E-state index in [4.69, 9.17) is 9.72 Å². The van der Waals surface area contributed by atoms with Gasteiger partial charge in [0.05, 0.1) is 24.2 Å². The Balaban J connectivity index is 1.52. The SMILES string of the molecule is CCc1cccc(CC)c1NC(=O)c1nn(C)c2c1CCCc1cnc(Nc3ccccc3OC)nc1-2. The molecule has 4 aromatic rings. The predicted molar refractivity (Wildman–Crippen MR) is 146 cm³/mol. The van der Waals surface area contributed by atoms with Gasteiger partial charge in [-0.25, -0.2) is 9.97 Å². The highest BCUT2D eigenvalue weighted by atomic mass is 16.5.